The number of aliphatic hydroxyl groups is 1. The summed E-state index contributed by atoms with van der Waals surface area (Å²) in [6, 6.07) is 14.6. The lowest BCUT2D eigenvalue weighted by molar-refractivity contribution is 0.0475. The van der Waals surface area contributed by atoms with E-state index in [4.69, 9.17) is 0 Å². The average Bonchev–Trinajstić information content (AvgIpc) is 2.64. The molecule has 1 amide bonds. The summed E-state index contributed by atoms with van der Waals surface area (Å²) in [4.78, 5) is 11.9. The Bertz CT molecular complexity index is 636. The molecule has 2 aromatic carbocycles. The molecule has 0 aliphatic carbocycles. The van der Waals surface area contributed by atoms with Gasteiger partial charge >= 0.3 is 0 Å². The van der Waals surface area contributed by atoms with Gasteiger partial charge in [0.05, 0.1) is 0 Å². The van der Waals surface area contributed by atoms with E-state index in [2.05, 4.69) is 5.32 Å². The second kappa shape index (κ2) is 3.68. The molecule has 90 valence electrons. The van der Waals surface area contributed by atoms with Crippen LogP contribution in [0.2, 0.25) is 0 Å². The molecule has 18 heavy (non-hydrogen) atoms. The molecule has 0 saturated carbocycles. The Morgan fingerprint density at radius 1 is 1.11 bits per heavy atom. The van der Waals surface area contributed by atoms with E-state index in [0.717, 1.165) is 5.56 Å². The van der Waals surface area contributed by atoms with Crippen LogP contribution in [-0.2, 0) is 5.72 Å². The van der Waals surface area contributed by atoms with Crippen LogP contribution < -0.4 is 5.32 Å². The third-order valence-corrected chi connectivity index (χ3v) is 3.29. The molecular weight excluding hydrogens is 226 g/mol. The van der Waals surface area contributed by atoms with Crippen LogP contribution in [-0.4, -0.2) is 11.0 Å². The van der Waals surface area contributed by atoms with E-state index >= 15 is 0 Å². The van der Waals surface area contributed by atoms with Crippen molar-refractivity contribution in [1.29, 1.82) is 0 Å². The summed E-state index contributed by atoms with van der Waals surface area (Å²) in [5.74, 6) is -0.241. The van der Waals surface area contributed by atoms with Crippen molar-refractivity contribution in [3.05, 3.63) is 70.8 Å². The van der Waals surface area contributed by atoms with E-state index in [9.17, 15) is 9.90 Å². The van der Waals surface area contributed by atoms with Gasteiger partial charge in [-0.05, 0) is 13.0 Å². The molecule has 0 saturated heterocycles. The number of amides is 1. The maximum atomic E-state index is 11.9. The first kappa shape index (κ1) is 11.0. The molecule has 3 heteroatoms. The fourth-order valence-electron chi connectivity index (χ4n) is 2.39. The zero-order chi connectivity index (χ0) is 12.8. The topological polar surface area (TPSA) is 49.3 Å². The number of hydrogen-bond donors (Lipinski definition) is 2. The third-order valence-electron chi connectivity index (χ3n) is 3.29. The van der Waals surface area contributed by atoms with Crippen LogP contribution in [0.25, 0.3) is 0 Å². The average molecular weight is 239 g/mol. The molecule has 1 unspecified atom stereocenters. The van der Waals surface area contributed by atoms with Gasteiger partial charge in [-0.1, -0.05) is 48.0 Å². The predicted molar refractivity (Wildman–Crippen MR) is 68.1 cm³/mol. The summed E-state index contributed by atoms with van der Waals surface area (Å²) < 4.78 is 0. The van der Waals surface area contributed by atoms with Gasteiger partial charge in [-0.15, -0.1) is 0 Å². The molecule has 0 spiro atoms. The number of carbonyl (C=O) groups is 1. The van der Waals surface area contributed by atoms with Crippen LogP contribution >= 0.6 is 0 Å². The van der Waals surface area contributed by atoms with Gasteiger partial charge < -0.3 is 10.4 Å². The Hall–Kier alpha value is -2.13. The Labute approximate surface area is 105 Å². The summed E-state index contributed by atoms with van der Waals surface area (Å²) >= 11 is 0. The minimum absolute atomic E-state index is 0.241. The first-order valence-corrected chi connectivity index (χ1v) is 5.83. The van der Waals surface area contributed by atoms with E-state index in [1.54, 1.807) is 18.2 Å². The molecule has 1 atom stereocenters. The van der Waals surface area contributed by atoms with Gasteiger partial charge in [0, 0.05) is 16.7 Å². The predicted octanol–water partition coefficient (Wildman–Crippen LogP) is 1.93. The van der Waals surface area contributed by atoms with Crippen LogP contribution in [0.15, 0.2) is 48.5 Å². The summed E-state index contributed by atoms with van der Waals surface area (Å²) in [7, 11) is 0. The van der Waals surface area contributed by atoms with E-state index < -0.39 is 5.72 Å². The van der Waals surface area contributed by atoms with Crippen molar-refractivity contribution in [2.75, 3.05) is 0 Å². The number of nitrogens with one attached hydrogen (secondary N) is 1. The van der Waals surface area contributed by atoms with Crippen molar-refractivity contribution in [2.24, 2.45) is 0 Å². The quantitative estimate of drug-likeness (QED) is 0.799. The molecule has 0 bridgehead atoms. The fourth-order valence-corrected chi connectivity index (χ4v) is 2.39. The van der Waals surface area contributed by atoms with E-state index in [1.165, 1.54) is 0 Å². The summed E-state index contributed by atoms with van der Waals surface area (Å²) in [5, 5.41) is 13.4. The number of carbonyl (C=O) groups excluding carboxylic acids is 1. The smallest absolute Gasteiger partial charge is 0.254 e. The molecule has 0 radical (unpaired) electrons. The van der Waals surface area contributed by atoms with Crippen LogP contribution in [0.3, 0.4) is 0 Å². The highest BCUT2D eigenvalue weighted by atomic mass is 16.3. The standard InChI is InChI=1S/C15H13NO2/c1-10-5-4-6-11(9-10)15(18)13-8-3-2-7-12(13)14(17)16-15/h2-9,18H,1H3,(H,16,17). The Morgan fingerprint density at radius 3 is 2.67 bits per heavy atom. The highest BCUT2D eigenvalue weighted by Crippen LogP contribution is 2.34. The van der Waals surface area contributed by atoms with E-state index in [0.29, 0.717) is 16.7 Å². The maximum absolute atomic E-state index is 11.9. The molecule has 2 aromatic rings. The van der Waals surface area contributed by atoms with E-state index in [-0.39, 0.29) is 5.91 Å². The van der Waals surface area contributed by atoms with Crippen LogP contribution in [0.5, 0.6) is 0 Å². The van der Waals surface area contributed by atoms with Crippen LogP contribution in [0, 0.1) is 6.92 Å². The highest BCUT2D eigenvalue weighted by Gasteiger charge is 2.42. The summed E-state index contributed by atoms with van der Waals surface area (Å²) in [6.45, 7) is 1.95. The Balaban J connectivity index is 2.21. The zero-order valence-corrected chi connectivity index (χ0v) is 9.97. The number of rotatable bonds is 1. The highest BCUT2D eigenvalue weighted by molar-refractivity contribution is 6.00. The summed E-state index contributed by atoms with van der Waals surface area (Å²) in [6.07, 6.45) is 0. The van der Waals surface area contributed by atoms with Gasteiger partial charge in [0.25, 0.3) is 5.91 Å². The van der Waals surface area contributed by atoms with Crippen LogP contribution in [0.1, 0.15) is 27.0 Å². The van der Waals surface area contributed by atoms with Gasteiger partial charge in [-0.25, -0.2) is 0 Å². The summed E-state index contributed by atoms with van der Waals surface area (Å²) in [5.41, 5.74) is 1.45. The van der Waals surface area contributed by atoms with Crippen molar-refractivity contribution < 1.29 is 9.90 Å². The van der Waals surface area contributed by atoms with Crippen molar-refractivity contribution in [2.45, 2.75) is 12.6 Å². The molecule has 3 rings (SSSR count). The largest absolute Gasteiger partial charge is 0.363 e. The van der Waals surface area contributed by atoms with Gasteiger partial charge in [-0.3, -0.25) is 4.79 Å². The van der Waals surface area contributed by atoms with Crippen LogP contribution in [0.4, 0.5) is 0 Å². The Kier molecular flexibility index (Phi) is 2.25. The van der Waals surface area contributed by atoms with Gasteiger partial charge in [-0.2, -0.15) is 0 Å². The van der Waals surface area contributed by atoms with E-state index in [1.807, 2.05) is 37.3 Å². The molecular formula is C15H13NO2. The van der Waals surface area contributed by atoms with Gasteiger partial charge in [0.1, 0.15) is 0 Å². The maximum Gasteiger partial charge on any atom is 0.254 e. The normalized spacial score (nSPS) is 21.6. The van der Waals surface area contributed by atoms with Crippen molar-refractivity contribution in [1.82, 2.24) is 5.32 Å². The first-order chi connectivity index (χ1) is 8.61. The second-order valence-electron chi connectivity index (χ2n) is 4.58. The molecule has 1 aliphatic heterocycles. The number of fused-ring (bicyclic) bond motifs is 1. The molecule has 0 fully saturated rings. The molecule has 1 aliphatic rings. The Morgan fingerprint density at radius 2 is 1.89 bits per heavy atom. The second-order valence-corrected chi connectivity index (χ2v) is 4.58. The molecule has 2 N–H and O–H groups in total. The lowest BCUT2D eigenvalue weighted by Gasteiger charge is -2.24. The van der Waals surface area contributed by atoms with Gasteiger partial charge in [0.15, 0.2) is 5.72 Å². The molecule has 0 aromatic heterocycles. The minimum atomic E-state index is -1.42. The number of hydrogen-bond acceptors (Lipinski definition) is 2. The number of aryl methyl sites for hydroxylation is 1. The monoisotopic (exact) mass is 239 g/mol. The van der Waals surface area contributed by atoms with Crippen molar-refractivity contribution in [3.8, 4) is 0 Å². The third kappa shape index (κ3) is 1.45. The molecule has 3 nitrogen and oxygen atoms in total. The first-order valence-electron chi connectivity index (χ1n) is 5.83. The zero-order valence-electron chi connectivity index (χ0n) is 9.97. The number of benzene rings is 2. The van der Waals surface area contributed by atoms with Gasteiger partial charge in [0.2, 0.25) is 0 Å². The fraction of sp³-hybridized carbons (Fsp3) is 0.133. The van der Waals surface area contributed by atoms with Crippen molar-refractivity contribution in [3.63, 3.8) is 0 Å². The van der Waals surface area contributed by atoms with Crippen molar-refractivity contribution >= 4 is 5.91 Å². The minimum Gasteiger partial charge on any atom is -0.363 e. The lowest BCUT2D eigenvalue weighted by atomic mass is 9.93. The molecule has 1 heterocycles. The lowest BCUT2D eigenvalue weighted by Crippen LogP contribution is -2.40. The SMILES string of the molecule is Cc1cccc(C2(O)NC(=O)c3ccccc32)c1.